The molecule has 136 valence electrons. The molecule has 1 unspecified atom stereocenters. The van der Waals surface area contributed by atoms with Crippen molar-refractivity contribution in [2.24, 2.45) is 5.92 Å². The Kier molecular flexibility index (Phi) is 5.66. The number of likely N-dealkylation sites (tertiary alicyclic amines) is 1. The molecule has 2 aromatic carbocycles. The molecular weight excluding hydrogens is 331 g/mol. The fourth-order valence-corrected chi connectivity index (χ4v) is 3.28. The number of carbonyl (C=O) groups is 2. The van der Waals surface area contributed by atoms with E-state index in [4.69, 9.17) is 0 Å². The van der Waals surface area contributed by atoms with E-state index in [1.807, 2.05) is 31.2 Å². The van der Waals surface area contributed by atoms with Crippen LogP contribution < -0.4 is 5.32 Å². The van der Waals surface area contributed by atoms with Crippen LogP contribution in [0, 0.1) is 18.7 Å². The minimum atomic E-state index is -0.340. The predicted molar refractivity (Wildman–Crippen MR) is 97.8 cm³/mol. The highest BCUT2D eigenvalue weighted by atomic mass is 19.1. The Morgan fingerprint density at radius 1 is 1.23 bits per heavy atom. The number of hydrogen-bond acceptors (Lipinski definition) is 2. The highest BCUT2D eigenvalue weighted by Crippen LogP contribution is 2.19. The molecule has 1 aliphatic heterocycles. The van der Waals surface area contributed by atoms with Crippen LogP contribution in [-0.2, 0) is 22.6 Å². The molecule has 1 fully saturated rings. The second-order valence-corrected chi connectivity index (χ2v) is 6.79. The molecule has 1 aliphatic rings. The van der Waals surface area contributed by atoms with E-state index in [0.717, 1.165) is 11.1 Å². The average molecular weight is 354 g/mol. The van der Waals surface area contributed by atoms with E-state index in [-0.39, 0.29) is 30.0 Å². The zero-order chi connectivity index (χ0) is 18.5. The third-order valence-corrected chi connectivity index (χ3v) is 4.74. The minimum Gasteiger partial charge on any atom is -0.352 e. The van der Waals surface area contributed by atoms with Crippen molar-refractivity contribution >= 4 is 11.8 Å². The number of halogens is 1. The molecule has 2 amide bonds. The van der Waals surface area contributed by atoms with Gasteiger partial charge in [0.1, 0.15) is 5.82 Å². The number of carbonyl (C=O) groups excluding carboxylic acids is 2. The lowest BCUT2D eigenvalue weighted by Crippen LogP contribution is -2.33. The Balaban J connectivity index is 1.50. The maximum Gasteiger partial charge on any atom is 0.225 e. The molecule has 26 heavy (non-hydrogen) atoms. The van der Waals surface area contributed by atoms with E-state index in [1.165, 1.54) is 6.07 Å². The lowest BCUT2D eigenvalue weighted by atomic mass is 10.1. The van der Waals surface area contributed by atoms with Crippen LogP contribution in [0.5, 0.6) is 0 Å². The summed E-state index contributed by atoms with van der Waals surface area (Å²) < 4.78 is 13.7. The summed E-state index contributed by atoms with van der Waals surface area (Å²) in [6.45, 7) is 3.29. The molecule has 1 saturated heterocycles. The number of amides is 2. The van der Waals surface area contributed by atoms with Crippen LogP contribution in [0.25, 0.3) is 0 Å². The van der Waals surface area contributed by atoms with Gasteiger partial charge < -0.3 is 10.2 Å². The van der Waals surface area contributed by atoms with Gasteiger partial charge in [0.2, 0.25) is 11.8 Å². The zero-order valence-corrected chi connectivity index (χ0v) is 14.9. The van der Waals surface area contributed by atoms with E-state index < -0.39 is 0 Å². The Labute approximate surface area is 153 Å². The SMILES string of the molecule is Cc1cccc(CNC(=O)C2CC(=O)N(CCc3ccccc3F)C2)c1. The Bertz CT molecular complexity index is 806. The van der Waals surface area contributed by atoms with Crippen LogP contribution >= 0.6 is 0 Å². The van der Waals surface area contributed by atoms with E-state index in [2.05, 4.69) is 5.32 Å². The summed E-state index contributed by atoms with van der Waals surface area (Å²) in [6.07, 6.45) is 0.674. The number of rotatable bonds is 6. The lowest BCUT2D eigenvalue weighted by molar-refractivity contribution is -0.129. The summed E-state index contributed by atoms with van der Waals surface area (Å²) in [5.41, 5.74) is 2.78. The van der Waals surface area contributed by atoms with Crippen molar-refractivity contribution in [2.45, 2.75) is 26.3 Å². The lowest BCUT2D eigenvalue weighted by Gasteiger charge is -2.17. The number of nitrogens with zero attached hydrogens (tertiary/aromatic N) is 1. The van der Waals surface area contributed by atoms with Gasteiger partial charge in [-0.15, -0.1) is 0 Å². The first kappa shape index (κ1) is 18.1. The number of nitrogens with one attached hydrogen (secondary N) is 1. The molecule has 0 saturated carbocycles. The molecule has 1 atom stereocenters. The Morgan fingerprint density at radius 2 is 2.04 bits per heavy atom. The first-order valence-electron chi connectivity index (χ1n) is 8.87. The van der Waals surface area contributed by atoms with Crippen molar-refractivity contribution in [3.63, 3.8) is 0 Å². The van der Waals surface area contributed by atoms with Crippen LogP contribution in [0.15, 0.2) is 48.5 Å². The summed E-state index contributed by atoms with van der Waals surface area (Å²) >= 11 is 0. The third kappa shape index (κ3) is 4.48. The average Bonchev–Trinajstić information content (AvgIpc) is 3.00. The molecule has 3 rings (SSSR count). The summed E-state index contributed by atoms with van der Waals surface area (Å²) in [5, 5.41) is 2.91. The van der Waals surface area contributed by atoms with E-state index in [9.17, 15) is 14.0 Å². The fraction of sp³-hybridized carbons (Fsp3) is 0.333. The molecule has 1 heterocycles. The maximum atomic E-state index is 13.7. The first-order chi connectivity index (χ1) is 12.5. The van der Waals surface area contributed by atoms with Crippen molar-refractivity contribution in [2.75, 3.05) is 13.1 Å². The van der Waals surface area contributed by atoms with Gasteiger partial charge in [-0.05, 0) is 30.5 Å². The van der Waals surface area contributed by atoms with Gasteiger partial charge in [0, 0.05) is 26.1 Å². The van der Waals surface area contributed by atoms with Gasteiger partial charge in [0.15, 0.2) is 0 Å². The number of hydrogen-bond donors (Lipinski definition) is 1. The van der Waals surface area contributed by atoms with Gasteiger partial charge in [0.25, 0.3) is 0 Å². The molecule has 0 radical (unpaired) electrons. The molecule has 0 aliphatic carbocycles. The zero-order valence-electron chi connectivity index (χ0n) is 14.9. The van der Waals surface area contributed by atoms with Crippen molar-refractivity contribution in [1.82, 2.24) is 10.2 Å². The molecule has 2 aromatic rings. The monoisotopic (exact) mass is 354 g/mol. The second-order valence-electron chi connectivity index (χ2n) is 6.79. The molecular formula is C21H23FN2O2. The molecule has 1 N–H and O–H groups in total. The second kappa shape index (κ2) is 8.13. The van der Waals surface area contributed by atoms with Crippen molar-refractivity contribution in [3.05, 3.63) is 71.0 Å². The van der Waals surface area contributed by atoms with Crippen molar-refractivity contribution in [1.29, 1.82) is 0 Å². The highest BCUT2D eigenvalue weighted by Gasteiger charge is 2.33. The summed E-state index contributed by atoms with van der Waals surface area (Å²) in [7, 11) is 0. The third-order valence-electron chi connectivity index (χ3n) is 4.74. The van der Waals surface area contributed by atoms with Crippen LogP contribution in [0.1, 0.15) is 23.1 Å². The molecule has 4 nitrogen and oxygen atoms in total. The number of benzene rings is 2. The number of aryl methyl sites for hydroxylation is 1. The maximum absolute atomic E-state index is 13.7. The van der Waals surface area contributed by atoms with Crippen LogP contribution in [0.3, 0.4) is 0 Å². The van der Waals surface area contributed by atoms with E-state index in [0.29, 0.717) is 31.6 Å². The summed E-state index contributed by atoms with van der Waals surface area (Å²) in [4.78, 5) is 26.2. The summed E-state index contributed by atoms with van der Waals surface area (Å²) in [6, 6.07) is 14.5. The van der Waals surface area contributed by atoms with Gasteiger partial charge in [-0.1, -0.05) is 48.0 Å². The van der Waals surface area contributed by atoms with Crippen molar-refractivity contribution < 1.29 is 14.0 Å². The van der Waals surface area contributed by atoms with Gasteiger partial charge in [-0.3, -0.25) is 9.59 Å². The molecule has 5 heteroatoms. The van der Waals surface area contributed by atoms with Gasteiger partial charge in [-0.2, -0.15) is 0 Å². The van der Waals surface area contributed by atoms with Crippen LogP contribution in [0.2, 0.25) is 0 Å². The normalized spacial score (nSPS) is 16.8. The van der Waals surface area contributed by atoms with Gasteiger partial charge in [-0.25, -0.2) is 4.39 Å². The Hall–Kier alpha value is -2.69. The largest absolute Gasteiger partial charge is 0.352 e. The molecule has 0 bridgehead atoms. The van der Waals surface area contributed by atoms with Crippen LogP contribution in [0.4, 0.5) is 4.39 Å². The standard InChI is InChI=1S/C21H23FN2O2/c1-15-5-4-6-16(11-15)13-23-21(26)18-12-20(25)24(14-18)10-9-17-7-2-3-8-19(17)22/h2-8,11,18H,9-10,12-14H2,1H3,(H,23,26). The van der Waals surface area contributed by atoms with E-state index in [1.54, 1.807) is 23.1 Å². The van der Waals surface area contributed by atoms with Crippen molar-refractivity contribution in [3.8, 4) is 0 Å². The topological polar surface area (TPSA) is 49.4 Å². The van der Waals surface area contributed by atoms with Crippen LogP contribution in [-0.4, -0.2) is 29.8 Å². The predicted octanol–water partition coefficient (Wildman–Crippen LogP) is 2.84. The fourth-order valence-electron chi connectivity index (χ4n) is 3.28. The van der Waals surface area contributed by atoms with Gasteiger partial charge >= 0.3 is 0 Å². The molecule has 0 aromatic heterocycles. The summed E-state index contributed by atoms with van der Waals surface area (Å²) in [5.74, 6) is -0.746. The highest BCUT2D eigenvalue weighted by molar-refractivity contribution is 5.89. The minimum absolute atomic E-state index is 0.0444. The smallest absolute Gasteiger partial charge is 0.225 e. The van der Waals surface area contributed by atoms with E-state index >= 15 is 0 Å². The molecule has 0 spiro atoms. The first-order valence-corrected chi connectivity index (χ1v) is 8.87. The Morgan fingerprint density at radius 3 is 2.81 bits per heavy atom. The van der Waals surface area contributed by atoms with Gasteiger partial charge in [0.05, 0.1) is 5.92 Å². The quantitative estimate of drug-likeness (QED) is 0.867.